The van der Waals surface area contributed by atoms with Gasteiger partial charge in [-0.3, -0.25) is 0 Å². The third-order valence-corrected chi connectivity index (χ3v) is 1.69. The average Bonchev–Trinajstić information content (AvgIpc) is 2.29. The van der Waals surface area contributed by atoms with Crippen LogP contribution in [-0.4, -0.2) is 0 Å². The number of benzene rings is 1. The fourth-order valence-corrected chi connectivity index (χ4v) is 1.11. The van der Waals surface area contributed by atoms with Gasteiger partial charge in [0, 0.05) is 12.1 Å². The van der Waals surface area contributed by atoms with E-state index in [0.717, 1.165) is 11.3 Å². The summed E-state index contributed by atoms with van der Waals surface area (Å²) in [6.45, 7) is 0. The fraction of sp³-hybridized carbons (Fsp3) is 0. The van der Waals surface area contributed by atoms with Crippen LogP contribution in [0.25, 0.3) is 11.3 Å². The molecule has 2 rings (SSSR count). The fourth-order valence-electron chi connectivity index (χ4n) is 1.11. The first-order valence-electron chi connectivity index (χ1n) is 4.51. The highest BCUT2D eigenvalue weighted by molar-refractivity contribution is 5.56. The standard InChI is InChI=1S/C11H9O.ClHO4/c1-2-6-10(7-3-1)11-8-4-5-9-12-11;2-1(3,4)5/h1-9H;(H,2,3,4,5)/q+1;/p-1. The van der Waals surface area contributed by atoms with E-state index in [4.69, 9.17) is 23.1 Å². The van der Waals surface area contributed by atoms with Crippen molar-refractivity contribution in [3.05, 3.63) is 54.8 Å². The van der Waals surface area contributed by atoms with Crippen LogP contribution in [0, 0.1) is 10.2 Å². The minimum absolute atomic E-state index is 0.901. The monoisotopic (exact) mass is 256 g/mol. The summed E-state index contributed by atoms with van der Waals surface area (Å²) in [5, 5.41) is 0. The Morgan fingerprint density at radius 1 is 0.765 bits per heavy atom. The molecule has 0 radical (unpaired) electrons. The van der Waals surface area contributed by atoms with Gasteiger partial charge in [-0.15, -0.1) is 10.2 Å². The van der Waals surface area contributed by atoms with Crippen LogP contribution in [-0.2, 0) is 0 Å². The van der Waals surface area contributed by atoms with E-state index in [-0.39, 0.29) is 0 Å². The van der Waals surface area contributed by atoms with Crippen LogP contribution < -0.4 is 18.6 Å². The lowest BCUT2D eigenvalue weighted by molar-refractivity contribution is -2.00. The molecule has 0 saturated carbocycles. The van der Waals surface area contributed by atoms with Gasteiger partial charge in [-0.25, -0.2) is 23.1 Å². The molecule has 6 heteroatoms. The summed E-state index contributed by atoms with van der Waals surface area (Å²) in [6, 6.07) is 15.8. The Bertz CT molecular complexity index is 383. The summed E-state index contributed by atoms with van der Waals surface area (Å²) >= 11 is 0. The lowest BCUT2D eigenvalue weighted by Crippen LogP contribution is -2.68. The van der Waals surface area contributed by atoms with Gasteiger partial charge in [0.1, 0.15) is 0 Å². The van der Waals surface area contributed by atoms with Crippen molar-refractivity contribution in [1.29, 1.82) is 0 Å². The van der Waals surface area contributed by atoms with Gasteiger partial charge in [0.05, 0.1) is 5.56 Å². The van der Waals surface area contributed by atoms with Crippen molar-refractivity contribution in [1.82, 2.24) is 0 Å². The normalized spacial score (nSPS) is 10.4. The molecule has 0 spiro atoms. The van der Waals surface area contributed by atoms with E-state index in [1.165, 1.54) is 0 Å². The second-order valence-electron chi connectivity index (χ2n) is 2.91. The zero-order chi connectivity index (χ0) is 12.7. The topological polar surface area (TPSA) is 104 Å². The van der Waals surface area contributed by atoms with Gasteiger partial charge in [0.25, 0.3) is 0 Å². The summed E-state index contributed by atoms with van der Waals surface area (Å²) < 4.78 is 39.3. The van der Waals surface area contributed by atoms with Gasteiger partial charge in [-0.05, 0) is 18.2 Å². The van der Waals surface area contributed by atoms with E-state index in [9.17, 15) is 0 Å². The maximum atomic E-state index is 8.49. The molecule has 0 N–H and O–H groups in total. The molecule has 0 aliphatic rings. The maximum absolute atomic E-state index is 8.49. The molecule has 17 heavy (non-hydrogen) atoms. The van der Waals surface area contributed by atoms with Crippen LogP contribution in [0.15, 0.2) is 59.2 Å². The van der Waals surface area contributed by atoms with Crippen molar-refractivity contribution in [2.75, 3.05) is 0 Å². The second-order valence-corrected chi connectivity index (χ2v) is 3.67. The quantitative estimate of drug-likeness (QED) is 0.576. The lowest BCUT2D eigenvalue weighted by atomic mass is 10.2. The summed E-state index contributed by atoms with van der Waals surface area (Å²) in [5.41, 5.74) is 1.11. The molecular formula is C11H9ClO5. The van der Waals surface area contributed by atoms with Crippen LogP contribution in [0.3, 0.4) is 0 Å². The average molecular weight is 257 g/mol. The molecule has 0 aliphatic carbocycles. The van der Waals surface area contributed by atoms with E-state index in [1.807, 2.05) is 48.5 Å². The molecule has 5 nitrogen and oxygen atoms in total. The first kappa shape index (κ1) is 13.6. The Morgan fingerprint density at radius 2 is 1.29 bits per heavy atom. The van der Waals surface area contributed by atoms with E-state index < -0.39 is 10.2 Å². The Balaban J connectivity index is 0.000000249. The summed E-state index contributed by atoms with van der Waals surface area (Å²) in [7, 11) is -4.94. The molecule has 1 aromatic carbocycles. The largest absolute Gasteiger partial charge is 0.359 e. The molecule has 0 amide bonds. The highest BCUT2D eigenvalue weighted by Crippen LogP contribution is 2.17. The van der Waals surface area contributed by atoms with E-state index in [2.05, 4.69) is 0 Å². The van der Waals surface area contributed by atoms with Crippen molar-refractivity contribution < 1.29 is 33.3 Å². The van der Waals surface area contributed by atoms with Crippen LogP contribution in [0.5, 0.6) is 0 Å². The number of rotatable bonds is 1. The number of hydrogen-bond acceptors (Lipinski definition) is 4. The summed E-state index contributed by atoms with van der Waals surface area (Å²) in [6.07, 6.45) is 1.68. The van der Waals surface area contributed by atoms with Crippen LogP contribution >= 0.6 is 0 Å². The van der Waals surface area contributed by atoms with Gasteiger partial charge in [-0.1, -0.05) is 18.2 Å². The molecule has 0 bridgehead atoms. The van der Waals surface area contributed by atoms with E-state index >= 15 is 0 Å². The van der Waals surface area contributed by atoms with Crippen molar-refractivity contribution in [3.8, 4) is 11.3 Å². The SMILES string of the molecule is [O-][Cl+3]([O-])([O-])[O-].c1ccc(-c2cccc[o+]2)cc1. The predicted molar refractivity (Wildman–Crippen MR) is 48.6 cm³/mol. The van der Waals surface area contributed by atoms with Gasteiger partial charge in [0.15, 0.2) is 0 Å². The molecule has 0 unspecified atom stereocenters. The van der Waals surface area contributed by atoms with Crippen molar-refractivity contribution in [2.24, 2.45) is 0 Å². The molecule has 0 aliphatic heterocycles. The predicted octanol–water partition coefficient (Wildman–Crippen LogP) is -1.53. The Labute approximate surface area is 99.9 Å². The minimum atomic E-state index is -4.94. The molecule has 0 atom stereocenters. The van der Waals surface area contributed by atoms with Crippen molar-refractivity contribution in [2.45, 2.75) is 0 Å². The summed E-state index contributed by atoms with van der Waals surface area (Å²) in [4.78, 5) is 0. The Morgan fingerprint density at radius 3 is 1.76 bits per heavy atom. The molecular weight excluding hydrogens is 248 g/mol. The molecule has 90 valence electrons. The van der Waals surface area contributed by atoms with Crippen molar-refractivity contribution >= 4 is 0 Å². The van der Waals surface area contributed by atoms with E-state index in [0.29, 0.717) is 0 Å². The number of hydrogen-bond donors (Lipinski definition) is 0. The first-order valence-corrected chi connectivity index (χ1v) is 5.74. The third kappa shape index (κ3) is 6.62. The van der Waals surface area contributed by atoms with Gasteiger partial charge in [0.2, 0.25) is 0 Å². The third-order valence-electron chi connectivity index (χ3n) is 1.69. The zero-order valence-electron chi connectivity index (χ0n) is 8.62. The van der Waals surface area contributed by atoms with Gasteiger partial charge < -0.3 is 0 Å². The van der Waals surface area contributed by atoms with Crippen LogP contribution in [0.1, 0.15) is 0 Å². The molecule has 1 heterocycles. The highest BCUT2D eigenvalue weighted by atomic mass is 35.7. The smallest absolute Gasteiger partial charge is 0.222 e. The van der Waals surface area contributed by atoms with E-state index in [1.54, 1.807) is 6.26 Å². The van der Waals surface area contributed by atoms with Crippen LogP contribution in [0.2, 0.25) is 0 Å². The Kier molecular flexibility index (Phi) is 5.02. The Hall–Kier alpha value is -1.50. The first-order chi connectivity index (χ1) is 7.97. The molecule has 0 fully saturated rings. The second kappa shape index (κ2) is 6.29. The highest BCUT2D eigenvalue weighted by Gasteiger charge is 2.06. The molecule has 2 aromatic rings. The van der Waals surface area contributed by atoms with Crippen LogP contribution in [0.4, 0.5) is 0 Å². The number of halogens is 1. The minimum Gasteiger partial charge on any atom is -0.222 e. The lowest BCUT2D eigenvalue weighted by Gasteiger charge is -2.17. The summed E-state index contributed by atoms with van der Waals surface area (Å²) in [5.74, 6) is 0.901. The molecule has 0 saturated heterocycles. The van der Waals surface area contributed by atoms with Crippen molar-refractivity contribution in [3.63, 3.8) is 0 Å². The zero-order valence-corrected chi connectivity index (χ0v) is 9.37. The van der Waals surface area contributed by atoms with Gasteiger partial charge in [-0.2, -0.15) is 0 Å². The maximum Gasteiger partial charge on any atom is 0.359 e. The van der Waals surface area contributed by atoms with Gasteiger partial charge >= 0.3 is 12.0 Å². The molecule has 1 aromatic heterocycles.